The maximum Gasteiger partial charge on any atom is 0.293 e. The average molecular weight is 226 g/mol. The zero-order valence-electron chi connectivity index (χ0n) is 9.25. The van der Waals surface area contributed by atoms with E-state index < -0.39 is 0 Å². The fourth-order valence-corrected chi connectivity index (χ4v) is 1.66. The van der Waals surface area contributed by atoms with Crippen molar-refractivity contribution in [3.05, 3.63) is 48.2 Å². The molecule has 0 bridgehead atoms. The number of rotatable bonds is 2. The Morgan fingerprint density at radius 2 is 1.94 bits per heavy atom. The van der Waals surface area contributed by atoms with Crippen LogP contribution in [0.25, 0.3) is 23.0 Å². The third kappa shape index (κ3) is 1.73. The Morgan fingerprint density at radius 1 is 1.06 bits per heavy atom. The number of aromatic nitrogens is 2. The first-order valence-electron chi connectivity index (χ1n) is 5.28. The predicted octanol–water partition coefficient (Wildman–Crippen LogP) is 3.31. The van der Waals surface area contributed by atoms with Gasteiger partial charge in [-0.3, -0.25) is 0 Å². The molecule has 2 aromatic heterocycles. The molecule has 84 valence electrons. The van der Waals surface area contributed by atoms with Crippen LogP contribution in [0.1, 0.15) is 5.56 Å². The van der Waals surface area contributed by atoms with E-state index in [9.17, 15) is 0 Å². The Morgan fingerprint density at radius 3 is 2.71 bits per heavy atom. The number of nitrogens with zero attached hydrogens (tertiary/aromatic N) is 2. The van der Waals surface area contributed by atoms with E-state index in [1.807, 2.05) is 31.2 Å². The van der Waals surface area contributed by atoms with E-state index in [1.165, 1.54) is 0 Å². The lowest BCUT2D eigenvalue weighted by Gasteiger charge is -1.97. The van der Waals surface area contributed by atoms with Crippen LogP contribution < -0.4 is 0 Å². The summed E-state index contributed by atoms with van der Waals surface area (Å²) < 4.78 is 10.4. The van der Waals surface area contributed by atoms with Crippen molar-refractivity contribution >= 4 is 0 Å². The molecule has 2 heterocycles. The van der Waals surface area contributed by atoms with E-state index in [2.05, 4.69) is 10.1 Å². The maximum absolute atomic E-state index is 5.20. The molecule has 0 atom stereocenters. The summed E-state index contributed by atoms with van der Waals surface area (Å²) in [5, 5.41) is 3.96. The number of hydrogen-bond acceptors (Lipinski definition) is 4. The SMILES string of the molecule is Cc1ccccc1-c1noc(-c2ccco2)n1. The molecule has 3 aromatic rings. The molecule has 0 amide bonds. The first-order chi connectivity index (χ1) is 8.34. The van der Waals surface area contributed by atoms with Crippen molar-refractivity contribution < 1.29 is 8.94 Å². The van der Waals surface area contributed by atoms with Gasteiger partial charge in [0.25, 0.3) is 5.89 Å². The molecule has 4 nitrogen and oxygen atoms in total. The van der Waals surface area contributed by atoms with E-state index in [-0.39, 0.29) is 0 Å². The fraction of sp³-hybridized carbons (Fsp3) is 0.0769. The summed E-state index contributed by atoms with van der Waals surface area (Å²) in [6.07, 6.45) is 1.58. The first kappa shape index (κ1) is 9.84. The molecule has 0 radical (unpaired) electrons. The fourth-order valence-electron chi connectivity index (χ4n) is 1.66. The minimum absolute atomic E-state index is 0.397. The molecular weight excluding hydrogens is 216 g/mol. The van der Waals surface area contributed by atoms with Gasteiger partial charge in [-0.15, -0.1) is 0 Å². The summed E-state index contributed by atoms with van der Waals surface area (Å²) in [6.45, 7) is 2.01. The Bertz CT molecular complexity index is 626. The summed E-state index contributed by atoms with van der Waals surface area (Å²) in [5.41, 5.74) is 2.08. The standard InChI is InChI=1S/C13H10N2O2/c1-9-5-2-3-6-10(9)12-14-13(17-15-12)11-7-4-8-16-11/h2-8H,1H3. The molecule has 0 aliphatic heterocycles. The monoisotopic (exact) mass is 226 g/mol. The highest BCUT2D eigenvalue weighted by molar-refractivity contribution is 5.61. The van der Waals surface area contributed by atoms with E-state index >= 15 is 0 Å². The minimum atomic E-state index is 0.397. The molecule has 0 aliphatic carbocycles. The highest BCUT2D eigenvalue weighted by Gasteiger charge is 2.13. The van der Waals surface area contributed by atoms with Gasteiger partial charge >= 0.3 is 0 Å². The van der Waals surface area contributed by atoms with Crippen LogP contribution in [0, 0.1) is 6.92 Å². The second-order valence-corrected chi connectivity index (χ2v) is 3.72. The molecule has 0 saturated carbocycles. The largest absolute Gasteiger partial charge is 0.459 e. The third-order valence-corrected chi connectivity index (χ3v) is 2.54. The van der Waals surface area contributed by atoms with Crippen LogP contribution in [0.5, 0.6) is 0 Å². The zero-order chi connectivity index (χ0) is 11.7. The Labute approximate surface area is 97.9 Å². The van der Waals surface area contributed by atoms with Crippen LogP contribution in [-0.4, -0.2) is 10.1 Å². The van der Waals surface area contributed by atoms with E-state index in [1.54, 1.807) is 18.4 Å². The summed E-state index contributed by atoms with van der Waals surface area (Å²) >= 11 is 0. The van der Waals surface area contributed by atoms with Gasteiger partial charge in [-0.25, -0.2) is 0 Å². The Hall–Kier alpha value is -2.36. The van der Waals surface area contributed by atoms with E-state index in [0.717, 1.165) is 11.1 Å². The highest BCUT2D eigenvalue weighted by atomic mass is 16.5. The van der Waals surface area contributed by atoms with Gasteiger partial charge in [0, 0.05) is 5.56 Å². The van der Waals surface area contributed by atoms with Crippen LogP contribution >= 0.6 is 0 Å². The molecule has 0 N–H and O–H groups in total. The van der Waals surface area contributed by atoms with Gasteiger partial charge in [0.05, 0.1) is 6.26 Å². The zero-order valence-corrected chi connectivity index (χ0v) is 9.25. The smallest absolute Gasteiger partial charge is 0.293 e. The number of hydrogen-bond donors (Lipinski definition) is 0. The molecule has 0 aliphatic rings. The number of benzene rings is 1. The summed E-state index contributed by atoms with van der Waals surface area (Å²) in [6, 6.07) is 11.5. The maximum atomic E-state index is 5.20. The Kier molecular flexibility index (Phi) is 2.26. The highest BCUT2D eigenvalue weighted by Crippen LogP contribution is 2.24. The molecule has 0 saturated heterocycles. The van der Waals surface area contributed by atoms with E-state index in [0.29, 0.717) is 17.5 Å². The molecule has 0 unspecified atom stereocenters. The van der Waals surface area contributed by atoms with Gasteiger partial charge in [0.1, 0.15) is 0 Å². The topological polar surface area (TPSA) is 52.1 Å². The molecule has 17 heavy (non-hydrogen) atoms. The van der Waals surface area contributed by atoms with Crippen molar-refractivity contribution in [2.24, 2.45) is 0 Å². The van der Waals surface area contributed by atoms with Crippen molar-refractivity contribution in [2.75, 3.05) is 0 Å². The second kappa shape index (κ2) is 3.90. The van der Waals surface area contributed by atoms with E-state index in [4.69, 9.17) is 8.94 Å². The normalized spacial score (nSPS) is 10.6. The van der Waals surface area contributed by atoms with Crippen LogP contribution in [0.3, 0.4) is 0 Å². The van der Waals surface area contributed by atoms with Crippen LogP contribution in [0.2, 0.25) is 0 Å². The molecule has 3 rings (SSSR count). The number of furan rings is 1. The summed E-state index contributed by atoms with van der Waals surface area (Å²) in [7, 11) is 0. The minimum Gasteiger partial charge on any atom is -0.459 e. The Balaban J connectivity index is 2.04. The van der Waals surface area contributed by atoms with Crippen molar-refractivity contribution in [1.82, 2.24) is 10.1 Å². The lowest BCUT2D eigenvalue weighted by Crippen LogP contribution is -1.84. The van der Waals surface area contributed by atoms with Gasteiger partial charge in [-0.05, 0) is 24.6 Å². The van der Waals surface area contributed by atoms with Gasteiger partial charge in [-0.1, -0.05) is 29.4 Å². The lowest BCUT2D eigenvalue weighted by atomic mass is 10.1. The number of aryl methyl sites for hydroxylation is 1. The second-order valence-electron chi connectivity index (χ2n) is 3.72. The van der Waals surface area contributed by atoms with Crippen molar-refractivity contribution in [3.63, 3.8) is 0 Å². The van der Waals surface area contributed by atoms with Crippen LogP contribution in [-0.2, 0) is 0 Å². The van der Waals surface area contributed by atoms with Crippen molar-refractivity contribution in [1.29, 1.82) is 0 Å². The molecule has 0 fully saturated rings. The molecular formula is C13H10N2O2. The average Bonchev–Trinajstić information content (AvgIpc) is 3.00. The first-order valence-corrected chi connectivity index (χ1v) is 5.28. The van der Waals surface area contributed by atoms with Gasteiger partial charge in [0.2, 0.25) is 5.82 Å². The molecule has 0 spiro atoms. The summed E-state index contributed by atoms with van der Waals surface area (Å²) in [5.74, 6) is 1.56. The molecule has 1 aromatic carbocycles. The lowest BCUT2D eigenvalue weighted by molar-refractivity contribution is 0.417. The van der Waals surface area contributed by atoms with Crippen molar-refractivity contribution in [2.45, 2.75) is 6.92 Å². The van der Waals surface area contributed by atoms with Crippen LogP contribution in [0.15, 0.2) is 51.6 Å². The van der Waals surface area contributed by atoms with Gasteiger partial charge in [0.15, 0.2) is 5.76 Å². The van der Waals surface area contributed by atoms with Gasteiger partial charge in [-0.2, -0.15) is 4.98 Å². The third-order valence-electron chi connectivity index (χ3n) is 2.54. The predicted molar refractivity (Wildman–Crippen MR) is 62.2 cm³/mol. The van der Waals surface area contributed by atoms with Gasteiger partial charge < -0.3 is 8.94 Å². The van der Waals surface area contributed by atoms with Crippen molar-refractivity contribution in [3.8, 4) is 23.0 Å². The summed E-state index contributed by atoms with van der Waals surface area (Å²) in [4.78, 5) is 4.31. The quantitative estimate of drug-likeness (QED) is 0.672. The molecule has 4 heteroatoms. The van der Waals surface area contributed by atoms with Crippen LogP contribution in [0.4, 0.5) is 0 Å².